The minimum atomic E-state index is -0.181. The molecule has 1 heteroatoms. The van der Waals surface area contributed by atoms with Gasteiger partial charge in [-0.25, -0.2) is 4.39 Å². The Morgan fingerprint density at radius 3 is 1.89 bits per heavy atom. The fraction of sp³-hybridized carbons (Fsp3) is 0.529. The molecule has 0 fully saturated rings. The van der Waals surface area contributed by atoms with Crippen LogP contribution in [0.15, 0.2) is 30.8 Å². The normalized spacial score (nSPS) is 9.89. The van der Waals surface area contributed by atoms with Gasteiger partial charge in [0.2, 0.25) is 0 Å². The third-order valence-corrected chi connectivity index (χ3v) is 2.98. The van der Waals surface area contributed by atoms with Crippen molar-refractivity contribution in [1.29, 1.82) is 0 Å². The summed E-state index contributed by atoms with van der Waals surface area (Å²) in [5.74, 6) is 0.361. The molecular formula is C17H27F. The zero-order valence-corrected chi connectivity index (χ0v) is 12.3. The molecule has 0 unspecified atom stereocenters. The van der Waals surface area contributed by atoms with Gasteiger partial charge in [-0.15, -0.1) is 0 Å². The maximum absolute atomic E-state index is 12.8. The van der Waals surface area contributed by atoms with Crippen LogP contribution in [0.2, 0.25) is 0 Å². The Balaban J connectivity index is 0.00000137. The van der Waals surface area contributed by atoms with Crippen molar-refractivity contribution in [3.63, 3.8) is 0 Å². The number of rotatable bonds is 6. The molecular weight excluding hydrogens is 223 g/mol. The van der Waals surface area contributed by atoms with Crippen molar-refractivity contribution in [2.24, 2.45) is 5.92 Å². The molecule has 0 spiro atoms. The van der Waals surface area contributed by atoms with E-state index >= 15 is 0 Å². The molecule has 0 saturated heterocycles. The molecule has 1 aromatic carbocycles. The first-order valence-corrected chi connectivity index (χ1v) is 7.13. The summed E-state index contributed by atoms with van der Waals surface area (Å²) in [6, 6.07) is 6.68. The van der Waals surface area contributed by atoms with Crippen LogP contribution in [0.4, 0.5) is 4.39 Å². The summed E-state index contributed by atoms with van der Waals surface area (Å²) < 4.78 is 12.8. The molecule has 0 aliphatic rings. The Morgan fingerprint density at radius 2 is 1.50 bits per heavy atom. The van der Waals surface area contributed by atoms with E-state index in [0.717, 1.165) is 11.1 Å². The van der Waals surface area contributed by atoms with E-state index in [1.165, 1.54) is 37.8 Å². The van der Waals surface area contributed by atoms with Gasteiger partial charge in [-0.1, -0.05) is 59.2 Å². The minimum absolute atomic E-state index is 0.181. The van der Waals surface area contributed by atoms with E-state index in [1.54, 1.807) is 0 Å². The lowest BCUT2D eigenvalue weighted by atomic mass is 9.87. The van der Waals surface area contributed by atoms with Gasteiger partial charge in [-0.3, -0.25) is 0 Å². The molecule has 0 bridgehead atoms. The third-order valence-electron chi connectivity index (χ3n) is 2.98. The topological polar surface area (TPSA) is 0 Å². The molecule has 0 heterocycles. The largest absolute Gasteiger partial charge is 0.207 e. The quantitative estimate of drug-likeness (QED) is 0.573. The van der Waals surface area contributed by atoms with Gasteiger partial charge < -0.3 is 0 Å². The van der Waals surface area contributed by atoms with E-state index < -0.39 is 0 Å². The molecule has 1 rings (SSSR count). The highest BCUT2D eigenvalue weighted by atomic mass is 19.1. The average Bonchev–Trinajstić information content (AvgIpc) is 2.41. The molecule has 0 aliphatic heterocycles. The Labute approximate surface area is 112 Å². The van der Waals surface area contributed by atoms with Gasteiger partial charge in [0.15, 0.2) is 0 Å². The molecule has 0 radical (unpaired) electrons. The van der Waals surface area contributed by atoms with Crippen LogP contribution < -0.4 is 0 Å². The summed E-state index contributed by atoms with van der Waals surface area (Å²) in [5.41, 5.74) is 2.23. The molecule has 0 N–H and O–H groups in total. The van der Waals surface area contributed by atoms with Crippen molar-refractivity contribution >= 4 is 5.57 Å². The van der Waals surface area contributed by atoms with Gasteiger partial charge in [0, 0.05) is 0 Å². The highest BCUT2D eigenvalue weighted by Gasteiger charge is 2.12. The van der Waals surface area contributed by atoms with Gasteiger partial charge in [0.25, 0.3) is 0 Å². The second-order valence-corrected chi connectivity index (χ2v) is 4.31. The molecule has 18 heavy (non-hydrogen) atoms. The Kier molecular flexibility index (Phi) is 9.26. The second-order valence-electron chi connectivity index (χ2n) is 4.31. The van der Waals surface area contributed by atoms with E-state index in [0.29, 0.717) is 5.92 Å². The van der Waals surface area contributed by atoms with Crippen LogP contribution >= 0.6 is 0 Å². The number of hydrogen-bond donors (Lipinski definition) is 0. The molecule has 0 aliphatic carbocycles. The number of benzene rings is 1. The number of halogens is 1. The lowest BCUT2D eigenvalue weighted by molar-refractivity contribution is 0.544. The summed E-state index contributed by atoms with van der Waals surface area (Å²) >= 11 is 0. The standard InChI is InChI=1S/C15H21F.C2H6/c1-4-6-13(7-5-2)12(3)14-8-10-15(16)11-9-14;1-2/h8-11,13H,3-7H2,1-2H3;1-2H3. The smallest absolute Gasteiger partial charge is 0.123 e. The Morgan fingerprint density at radius 1 is 1.06 bits per heavy atom. The van der Waals surface area contributed by atoms with E-state index in [4.69, 9.17) is 0 Å². The highest BCUT2D eigenvalue weighted by molar-refractivity contribution is 5.65. The van der Waals surface area contributed by atoms with Crippen LogP contribution in [0, 0.1) is 11.7 Å². The first kappa shape index (κ1) is 16.9. The monoisotopic (exact) mass is 250 g/mol. The molecule has 102 valence electrons. The zero-order valence-electron chi connectivity index (χ0n) is 12.3. The number of allylic oxidation sites excluding steroid dienone is 1. The molecule has 0 nitrogen and oxygen atoms in total. The van der Waals surface area contributed by atoms with Crippen molar-refractivity contribution in [2.75, 3.05) is 0 Å². The lowest BCUT2D eigenvalue weighted by Crippen LogP contribution is -2.02. The van der Waals surface area contributed by atoms with Gasteiger partial charge in [-0.2, -0.15) is 0 Å². The van der Waals surface area contributed by atoms with Crippen LogP contribution in [0.3, 0.4) is 0 Å². The molecule has 0 saturated carbocycles. The summed E-state index contributed by atoms with van der Waals surface area (Å²) in [6.07, 6.45) is 4.68. The third kappa shape index (κ3) is 5.48. The predicted octanol–water partition coefficient (Wildman–Crippen LogP) is 6.08. The fourth-order valence-electron chi connectivity index (χ4n) is 2.09. The SMILES string of the molecule is C=C(c1ccc(F)cc1)C(CCC)CCC.CC. The van der Waals surface area contributed by atoms with Crippen molar-refractivity contribution < 1.29 is 4.39 Å². The van der Waals surface area contributed by atoms with E-state index in [1.807, 2.05) is 26.0 Å². The first-order valence-electron chi connectivity index (χ1n) is 7.13. The van der Waals surface area contributed by atoms with Gasteiger partial charge in [0.05, 0.1) is 0 Å². The number of hydrogen-bond acceptors (Lipinski definition) is 0. The average molecular weight is 250 g/mol. The van der Waals surface area contributed by atoms with Crippen LogP contribution in [-0.4, -0.2) is 0 Å². The maximum atomic E-state index is 12.8. The van der Waals surface area contributed by atoms with Crippen LogP contribution in [0.1, 0.15) is 58.9 Å². The van der Waals surface area contributed by atoms with Gasteiger partial charge >= 0.3 is 0 Å². The van der Waals surface area contributed by atoms with Crippen LogP contribution in [0.25, 0.3) is 5.57 Å². The Bertz CT molecular complexity index is 318. The summed E-state index contributed by atoms with van der Waals surface area (Å²) in [5, 5.41) is 0. The van der Waals surface area contributed by atoms with Crippen molar-refractivity contribution in [2.45, 2.75) is 53.4 Å². The molecule has 0 aromatic heterocycles. The van der Waals surface area contributed by atoms with Crippen molar-refractivity contribution in [3.8, 4) is 0 Å². The summed E-state index contributed by atoms with van der Waals surface area (Å²) in [6.45, 7) is 12.6. The first-order chi connectivity index (χ1) is 8.69. The zero-order chi connectivity index (χ0) is 14.0. The molecule has 0 atom stereocenters. The minimum Gasteiger partial charge on any atom is -0.207 e. The maximum Gasteiger partial charge on any atom is 0.123 e. The second kappa shape index (κ2) is 9.87. The van der Waals surface area contributed by atoms with Gasteiger partial charge in [-0.05, 0) is 42.0 Å². The highest BCUT2D eigenvalue weighted by Crippen LogP contribution is 2.29. The predicted molar refractivity (Wildman–Crippen MR) is 80.1 cm³/mol. The van der Waals surface area contributed by atoms with Crippen LogP contribution in [0.5, 0.6) is 0 Å². The van der Waals surface area contributed by atoms with Crippen LogP contribution in [-0.2, 0) is 0 Å². The van der Waals surface area contributed by atoms with E-state index in [9.17, 15) is 4.39 Å². The van der Waals surface area contributed by atoms with E-state index in [-0.39, 0.29) is 5.82 Å². The lowest BCUT2D eigenvalue weighted by Gasteiger charge is -2.18. The van der Waals surface area contributed by atoms with Crippen molar-refractivity contribution in [3.05, 3.63) is 42.2 Å². The molecule has 0 amide bonds. The van der Waals surface area contributed by atoms with E-state index in [2.05, 4.69) is 20.4 Å². The summed E-state index contributed by atoms with van der Waals surface area (Å²) in [4.78, 5) is 0. The fourth-order valence-corrected chi connectivity index (χ4v) is 2.09. The molecule has 1 aromatic rings. The van der Waals surface area contributed by atoms with Crippen molar-refractivity contribution in [1.82, 2.24) is 0 Å². The van der Waals surface area contributed by atoms with Gasteiger partial charge in [0.1, 0.15) is 5.82 Å². The summed E-state index contributed by atoms with van der Waals surface area (Å²) in [7, 11) is 0. The Hall–Kier alpha value is -1.11.